The van der Waals surface area contributed by atoms with Gasteiger partial charge in [-0.05, 0) is 18.2 Å². The first-order valence-corrected chi connectivity index (χ1v) is 5.49. The number of hydrogen-bond donors (Lipinski definition) is 1. The van der Waals surface area contributed by atoms with E-state index in [1.807, 2.05) is 6.07 Å². The molecule has 74 valence electrons. The van der Waals surface area contributed by atoms with E-state index in [4.69, 9.17) is 33.4 Å². The van der Waals surface area contributed by atoms with Gasteiger partial charge in [-0.1, -0.05) is 23.2 Å². The van der Waals surface area contributed by atoms with Crippen molar-refractivity contribution in [2.24, 2.45) is 5.73 Å². The lowest BCUT2D eigenvalue weighted by Gasteiger charge is -2.06. The minimum absolute atomic E-state index is 0.346. The lowest BCUT2D eigenvalue weighted by molar-refractivity contribution is 0.490. The smallest absolute Gasteiger partial charge is 0.125 e. The Hall–Kier alpha value is -0.480. The Kier molecular flexibility index (Phi) is 2.83. The number of furan rings is 1. The van der Waals surface area contributed by atoms with Crippen LogP contribution in [0.1, 0.15) is 17.4 Å². The summed E-state index contributed by atoms with van der Waals surface area (Å²) >= 11 is 13.1. The molecule has 2 nitrogen and oxygen atoms in total. The van der Waals surface area contributed by atoms with Crippen LogP contribution < -0.4 is 5.73 Å². The second kappa shape index (κ2) is 3.95. The van der Waals surface area contributed by atoms with Gasteiger partial charge in [-0.25, -0.2) is 0 Å². The molecule has 0 fully saturated rings. The van der Waals surface area contributed by atoms with E-state index in [0.717, 1.165) is 5.56 Å². The largest absolute Gasteiger partial charge is 0.467 e. The van der Waals surface area contributed by atoms with Gasteiger partial charge in [0.1, 0.15) is 5.76 Å². The van der Waals surface area contributed by atoms with Crippen molar-refractivity contribution in [1.29, 1.82) is 0 Å². The quantitative estimate of drug-likeness (QED) is 0.880. The molecule has 1 unspecified atom stereocenters. The molecule has 2 rings (SSSR count). The maximum Gasteiger partial charge on any atom is 0.125 e. The molecule has 0 bridgehead atoms. The van der Waals surface area contributed by atoms with Crippen LogP contribution in [-0.4, -0.2) is 0 Å². The minimum atomic E-state index is -0.346. The minimum Gasteiger partial charge on any atom is -0.467 e. The van der Waals surface area contributed by atoms with Crippen LogP contribution in [0.25, 0.3) is 0 Å². The number of thiophene rings is 1. The molecule has 0 saturated carbocycles. The van der Waals surface area contributed by atoms with E-state index in [1.54, 1.807) is 18.4 Å². The highest BCUT2D eigenvalue weighted by molar-refractivity contribution is 7.20. The second-order valence-electron chi connectivity index (χ2n) is 2.77. The maximum atomic E-state index is 5.97. The molecule has 2 aromatic heterocycles. The first-order chi connectivity index (χ1) is 6.68. The highest BCUT2D eigenvalue weighted by Gasteiger charge is 2.17. The Morgan fingerprint density at radius 1 is 1.43 bits per heavy atom. The van der Waals surface area contributed by atoms with Gasteiger partial charge in [0, 0.05) is 5.56 Å². The molecule has 0 radical (unpaired) electrons. The molecule has 2 aromatic rings. The predicted octanol–water partition coefficient (Wildman–Crippen LogP) is 3.70. The van der Waals surface area contributed by atoms with Crippen molar-refractivity contribution in [2.75, 3.05) is 0 Å². The van der Waals surface area contributed by atoms with E-state index >= 15 is 0 Å². The lowest BCUT2D eigenvalue weighted by Crippen LogP contribution is -2.10. The molecule has 0 aliphatic carbocycles. The summed E-state index contributed by atoms with van der Waals surface area (Å²) in [6.07, 6.45) is 1.58. The van der Waals surface area contributed by atoms with Crippen LogP contribution in [0.3, 0.4) is 0 Å². The van der Waals surface area contributed by atoms with Crippen molar-refractivity contribution in [3.8, 4) is 0 Å². The number of rotatable bonds is 2. The third kappa shape index (κ3) is 1.81. The Morgan fingerprint density at radius 2 is 2.21 bits per heavy atom. The summed E-state index contributed by atoms with van der Waals surface area (Å²) in [5.41, 5.74) is 6.75. The van der Waals surface area contributed by atoms with Crippen LogP contribution in [0, 0.1) is 0 Å². The fourth-order valence-corrected chi connectivity index (χ4v) is 2.74. The summed E-state index contributed by atoms with van der Waals surface area (Å²) in [5.74, 6) is 0.682. The standard InChI is InChI=1S/C9H7Cl2NOS/c10-7-4-5(9(11)14-7)8(12)6-2-1-3-13-6/h1-4,8H,12H2. The summed E-state index contributed by atoms with van der Waals surface area (Å²) in [4.78, 5) is 0. The van der Waals surface area contributed by atoms with E-state index in [1.165, 1.54) is 11.3 Å². The summed E-state index contributed by atoms with van der Waals surface area (Å²) in [7, 11) is 0. The van der Waals surface area contributed by atoms with Crippen LogP contribution in [0.15, 0.2) is 28.9 Å². The van der Waals surface area contributed by atoms with Crippen LogP contribution in [0.5, 0.6) is 0 Å². The highest BCUT2D eigenvalue weighted by atomic mass is 35.5. The Bertz CT molecular complexity index is 424. The number of hydrogen-bond acceptors (Lipinski definition) is 3. The van der Waals surface area contributed by atoms with E-state index in [-0.39, 0.29) is 6.04 Å². The molecule has 5 heteroatoms. The van der Waals surface area contributed by atoms with Crippen molar-refractivity contribution in [3.63, 3.8) is 0 Å². The van der Waals surface area contributed by atoms with Gasteiger partial charge in [-0.2, -0.15) is 0 Å². The van der Waals surface area contributed by atoms with Crippen molar-refractivity contribution < 1.29 is 4.42 Å². The molecule has 0 saturated heterocycles. The highest BCUT2D eigenvalue weighted by Crippen LogP contribution is 2.36. The third-order valence-corrected chi connectivity index (χ3v) is 3.39. The molecule has 0 aromatic carbocycles. The fourth-order valence-electron chi connectivity index (χ4n) is 1.19. The van der Waals surface area contributed by atoms with Gasteiger partial charge < -0.3 is 10.2 Å². The van der Waals surface area contributed by atoms with E-state index in [0.29, 0.717) is 14.4 Å². The van der Waals surface area contributed by atoms with Crippen molar-refractivity contribution in [2.45, 2.75) is 6.04 Å². The molecule has 0 aliphatic rings. The lowest BCUT2D eigenvalue weighted by atomic mass is 10.1. The average Bonchev–Trinajstić information content (AvgIpc) is 2.73. The van der Waals surface area contributed by atoms with E-state index in [9.17, 15) is 0 Å². The number of nitrogens with two attached hydrogens (primary N) is 1. The van der Waals surface area contributed by atoms with E-state index < -0.39 is 0 Å². The summed E-state index contributed by atoms with van der Waals surface area (Å²) in [5, 5.41) is 0. The van der Waals surface area contributed by atoms with Crippen molar-refractivity contribution in [1.82, 2.24) is 0 Å². The SMILES string of the molecule is NC(c1ccco1)c1cc(Cl)sc1Cl. The van der Waals surface area contributed by atoms with Gasteiger partial charge in [-0.15, -0.1) is 11.3 Å². The first kappa shape index (κ1) is 10.1. The monoisotopic (exact) mass is 247 g/mol. The molecule has 14 heavy (non-hydrogen) atoms. The van der Waals surface area contributed by atoms with Gasteiger partial charge in [-0.3, -0.25) is 0 Å². The zero-order chi connectivity index (χ0) is 10.1. The summed E-state index contributed by atoms with van der Waals surface area (Å²) in [6.45, 7) is 0. The molecule has 0 spiro atoms. The zero-order valence-corrected chi connectivity index (χ0v) is 9.36. The summed E-state index contributed by atoms with van der Waals surface area (Å²) in [6, 6.07) is 5.02. The maximum absolute atomic E-state index is 5.97. The molecule has 2 N–H and O–H groups in total. The molecule has 0 aliphatic heterocycles. The second-order valence-corrected chi connectivity index (χ2v) is 5.06. The summed E-state index contributed by atoms with van der Waals surface area (Å²) < 4.78 is 6.43. The Balaban J connectivity index is 2.36. The topological polar surface area (TPSA) is 39.2 Å². The fraction of sp³-hybridized carbons (Fsp3) is 0.111. The van der Waals surface area contributed by atoms with Gasteiger partial charge in [0.25, 0.3) is 0 Å². The van der Waals surface area contributed by atoms with Crippen LogP contribution >= 0.6 is 34.5 Å². The van der Waals surface area contributed by atoms with Crippen molar-refractivity contribution >= 4 is 34.5 Å². The predicted molar refractivity (Wildman–Crippen MR) is 59.1 cm³/mol. The van der Waals surface area contributed by atoms with Gasteiger partial charge >= 0.3 is 0 Å². The Labute approximate surface area is 95.2 Å². The molecule has 0 amide bonds. The molecule has 1 atom stereocenters. The van der Waals surface area contributed by atoms with Gasteiger partial charge in [0.2, 0.25) is 0 Å². The van der Waals surface area contributed by atoms with Crippen LogP contribution in [0.4, 0.5) is 0 Å². The number of halogens is 2. The van der Waals surface area contributed by atoms with Crippen LogP contribution in [0.2, 0.25) is 8.67 Å². The molecular weight excluding hydrogens is 241 g/mol. The zero-order valence-electron chi connectivity index (χ0n) is 7.04. The molecule has 2 heterocycles. The normalized spacial score (nSPS) is 13.1. The molecular formula is C9H7Cl2NOS. The van der Waals surface area contributed by atoms with Crippen molar-refractivity contribution in [3.05, 3.63) is 44.5 Å². The first-order valence-electron chi connectivity index (χ1n) is 3.92. The van der Waals surface area contributed by atoms with Crippen LogP contribution in [-0.2, 0) is 0 Å². The van der Waals surface area contributed by atoms with Gasteiger partial charge in [0.15, 0.2) is 0 Å². The average molecular weight is 248 g/mol. The Morgan fingerprint density at radius 3 is 2.71 bits per heavy atom. The van der Waals surface area contributed by atoms with E-state index in [2.05, 4.69) is 0 Å². The third-order valence-electron chi connectivity index (χ3n) is 1.87. The van der Waals surface area contributed by atoms with Gasteiger partial charge in [0.05, 0.1) is 21.0 Å².